The number of carbonyl (C=O) groups is 2. The number of ether oxygens (including phenoxy) is 2. The first kappa shape index (κ1) is 24.9. The van der Waals surface area contributed by atoms with Crippen molar-refractivity contribution in [2.75, 3.05) is 26.3 Å². The SMILES string of the molecule is O=C(NCCCCCCNC(=O)OCC1CC2CC1C1CCCC21)OCC1CC2CC1C1CCCC21. The molecule has 2 N–H and O–H groups in total. The van der Waals surface area contributed by atoms with Gasteiger partial charge in [-0.2, -0.15) is 0 Å². The van der Waals surface area contributed by atoms with Gasteiger partial charge in [0.15, 0.2) is 0 Å². The van der Waals surface area contributed by atoms with Crippen LogP contribution in [0.25, 0.3) is 0 Å². The van der Waals surface area contributed by atoms with E-state index in [1.54, 1.807) is 0 Å². The Kier molecular flexibility index (Phi) is 7.67. The number of hydrogen-bond acceptors (Lipinski definition) is 4. The molecular formula is C30H48N2O4. The van der Waals surface area contributed by atoms with Crippen molar-refractivity contribution in [3.05, 3.63) is 0 Å². The smallest absolute Gasteiger partial charge is 0.407 e. The van der Waals surface area contributed by atoms with Crippen molar-refractivity contribution in [1.82, 2.24) is 10.6 Å². The minimum absolute atomic E-state index is 0.246. The number of alkyl carbamates (subject to hydrolysis) is 2. The summed E-state index contributed by atoms with van der Waals surface area (Å²) in [5.74, 6) is 8.52. The predicted octanol–water partition coefficient (Wildman–Crippen LogP) is 6.14. The fourth-order valence-electron chi connectivity index (χ4n) is 10.3. The lowest BCUT2D eigenvalue weighted by Crippen LogP contribution is -2.31. The molecule has 10 unspecified atom stereocenters. The van der Waals surface area contributed by atoms with Crippen molar-refractivity contribution in [3.8, 4) is 0 Å². The van der Waals surface area contributed by atoms with Crippen molar-refractivity contribution in [2.24, 2.45) is 59.2 Å². The fourth-order valence-corrected chi connectivity index (χ4v) is 10.3. The summed E-state index contributed by atoms with van der Waals surface area (Å²) in [6, 6.07) is 0. The summed E-state index contributed by atoms with van der Waals surface area (Å²) in [6.45, 7) is 2.56. The molecule has 6 aliphatic rings. The van der Waals surface area contributed by atoms with Gasteiger partial charge in [0.2, 0.25) is 0 Å². The maximum atomic E-state index is 12.1. The first-order valence-corrected chi connectivity index (χ1v) is 15.5. The van der Waals surface area contributed by atoms with Crippen LogP contribution in [0.2, 0.25) is 0 Å². The first-order valence-electron chi connectivity index (χ1n) is 15.5. The highest BCUT2D eigenvalue weighted by Crippen LogP contribution is 2.62. The molecule has 0 spiro atoms. The van der Waals surface area contributed by atoms with Gasteiger partial charge < -0.3 is 20.1 Å². The maximum absolute atomic E-state index is 12.1. The van der Waals surface area contributed by atoms with Crippen molar-refractivity contribution >= 4 is 12.2 Å². The Labute approximate surface area is 217 Å². The molecule has 0 heterocycles. The van der Waals surface area contributed by atoms with E-state index >= 15 is 0 Å². The topological polar surface area (TPSA) is 76.7 Å². The molecule has 6 aliphatic carbocycles. The van der Waals surface area contributed by atoms with Crippen LogP contribution in [-0.4, -0.2) is 38.5 Å². The van der Waals surface area contributed by atoms with Gasteiger partial charge in [-0.15, -0.1) is 0 Å². The second-order valence-corrected chi connectivity index (χ2v) is 13.3. The summed E-state index contributed by atoms with van der Waals surface area (Å²) < 4.78 is 11.2. The molecule has 4 bridgehead atoms. The molecule has 0 aromatic carbocycles. The number of unbranched alkanes of at least 4 members (excludes halogenated alkanes) is 3. The van der Waals surface area contributed by atoms with E-state index in [2.05, 4.69) is 10.6 Å². The van der Waals surface area contributed by atoms with Crippen molar-refractivity contribution in [1.29, 1.82) is 0 Å². The van der Waals surface area contributed by atoms with Gasteiger partial charge in [-0.3, -0.25) is 0 Å². The van der Waals surface area contributed by atoms with E-state index in [4.69, 9.17) is 9.47 Å². The summed E-state index contributed by atoms with van der Waals surface area (Å²) >= 11 is 0. The van der Waals surface area contributed by atoms with Gasteiger partial charge in [0, 0.05) is 13.1 Å². The molecular weight excluding hydrogens is 452 g/mol. The normalized spacial score (nSPS) is 41.3. The zero-order valence-electron chi connectivity index (χ0n) is 22.1. The molecule has 2 amide bonds. The van der Waals surface area contributed by atoms with E-state index < -0.39 is 0 Å². The van der Waals surface area contributed by atoms with E-state index in [0.717, 1.165) is 73.0 Å². The molecule has 0 aromatic rings. The minimum Gasteiger partial charge on any atom is -0.449 e. The number of amides is 2. The second-order valence-electron chi connectivity index (χ2n) is 13.3. The maximum Gasteiger partial charge on any atom is 0.407 e. The number of carbonyl (C=O) groups excluding carboxylic acids is 2. The van der Waals surface area contributed by atoms with Crippen molar-refractivity contribution < 1.29 is 19.1 Å². The summed E-state index contributed by atoms with van der Waals surface area (Å²) in [5, 5.41) is 5.85. The van der Waals surface area contributed by atoms with E-state index in [1.165, 1.54) is 64.2 Å². The lowest BCUT2D eigenvalue weighted by Gasteiger charge is -2.31. The van der Waals surface area contributed by atoms with Gasteiger partial charge in [0.1, 0.15) is 0 Å². The van der Waals surface area contributed by atoms with Gasteiger partial charge in [-0.05, 0) is 123 Å². The van der Waals surface area contributed by atoms with Crippen LogP contribution in [-0.2, 0) is 9.47 Å². The largest absolute Gasteiger partial charge is 0.449 e. The first-order chi connectivity index (χ1) is 17.7. The summed E-state index contributed by atoms with van der Waals surface area (Å²) in [6.07, 6.45) is 17.4. The van der Waals surface area contributed by atoms with E-state index in [0.29, 0.717) is 38.1 Å². The van der Waals surface area contributed by atoms with E-state index in [9.17, 15) is 9.59 Å². The lowest BCUT2D eigenvalue weighted by atomic mass is 9.76. The van der Waals surface area contributed by atoms with E-state index in [1.807, 2.05) is 0 Å². The molecule has 10 atom stereocenters. The molecule has 202 valence electrons. The van der Waals surface area contributed by atoms with Crippen molar-refractivity contribution in [2.45, 2.75) is 89.9 Å². The highest BCUT2D eigenvalue weighted by Gasteiger charge is 2.54. The standard InChI is InChI=1S/C30H48N2O4/c33-29(35-17-21-13-19-15-27(21)25-9-5-7-23(19)25)31-11-3-1-2-4-12-32-30(34)36-18-22-14-20-16-28(22)26-10-6-8-24(20)26/h19-28H,1-18H2,(H,31,33)(H,32,34). The summed E-state index contributed by atoms with van der Waals surface area (Å²) in [5.41, 5.74) is 0. The monoisotopic (exact) mass is 500 g/mol. The zero-order valence-corrected chi connectivity index (χ0v) is 22.1. The van der Waals surface area contributed by atoms with Gasteiger partial charge in [0.25, 0.3) is 0 Å². The Morgan fingerprint density at radius 2 is 1.00 bits per heavy atom. The Morgan fingerprint density at radius 3 is 1.47 bits per heavy atom. The third-order valence-corrected chi connectivity index (χ3v) is 11.6. The number of hydrogen-bond donors (Lipinski definition) is 2. The number of fused-ring (bicyclic) bond motifs is 10. The van der Waals surface area contributed by atoms with Crippen LogP contribution in [0.1, 0.15) is 89.9 Å². The highest BCUT2D eigenvalue weighted by atomic mass is 16.6. The average Bonchev–Trinajstić information content (AvgIpc) is 3.70. The van der Waals surface area contributed by atoms with Crippen LogP contribution in [0.15, 0.2) is 0 Å². The molecule has 0 aliphatic heterocycles. The van der Waals surface area contributed by atoms with Crippen LogP contribution in [0.4, 0.5) is 9.59 Å². The van der Waals surface area contributed by atoms with Crippen LogP contribution in [0.5, 0.6) is 0 Å². The zero-order chi connectivity index (χ0) is 24.5. The van der Waals surface area contributed by atoms with Crippen LogP contribution in [0.3, 0.4) is 0 Å². The summed E-state index contributed by atoms with van der Waals surface area (Å²) in [4.78, 5) is 24.2. The lowest BCUT2D eigenvalue weighted by molar-refractivity contribution is 0.0866. The average molecular weight is 501 g/mol. The third kappa shape index (κ3) is 5.12. The summed E-state index contributed by atoms with van der Waals surface area (Å²) in [7, 11) is 0. The van der Waals surface area contributed by atoms with E-state index in [-0.39, 0.29) is 12.2 Å². The Balaban J connectivity index is 0.749. The van der Waals surface area contributed by atoms with Crippen LogP contribution in [0, 0.1) is 59.2 Å². The fraction of sp³-hybridized carbons (Fsp3) is 0.933. The Hall–Kier alpha value is -1.46. The molecule has 0 saturated heterocycles. The van der Waals surface area contributed by atoms with Crippen LogP contribution < -0.4 is 10.6 Å². The molecule has 36 heavy (non-hydrogen) atoms. The quantitative estimate of drug-likeness (QED) is 0.334. The third-order valence-electron chi connectivity index (χ3n) is 11.6. The minimum atomic E-state index is -0.246. The molecule has 6 heteroatoms. The predicted molar refractivity (Wildman–Crippen MR) is 138 cm³/mol. The van der Waals surface area contributed by atoms with Gasteiger partial charge in [0.05, 0.1) is 13.2 Å². The van der Waals surface area contributed by atoms with Gasteiger partial charge in [-0.25, -0.2) is 9.59 Å². The van der Waals surface area contributed by atoms with Crippen LogP contribution >= 0.6 is 0 Å². The van der Waals surface area contributed by atoms with Gasteiger partial charge >= 0.3 is 12.2 Å². The molecule has 6 fully saturated rings. The molecule has 6 rings (SSSR count). The second kappa shape index (κ2) is 11.1. The molecule has 0 aromatic heterocycles. The molecule has 6 nitrogen and oxygen atoms in total. The number of rotatable bonds is 11. The van der Waals surface area contributed by atoms with Crippen molar-refractivity contribution in [3.63, 3.8) is 0 Å². The Morgan fingerprint density at radius 1 is 0.556 bits per heavy atom. The van der Waals surface area contributed by atoms with Gasteiger partial charge in [-0.1, -0.05) is 25.7 Å². The number of nitrogens with one attached hydrogen (secondary N) is 2. The molecule has 0 radical (unpaired) electrons. The highest BCUT2D eigenvalue weighted by molar-refractivity contribution is 5.67. The Bertz CT molecular complexity index is 725. The molecule has 6 saturated carbocycles.